The van der Waals surface area contributed by atoms with Gasteiger partial charge in [-0.1, -0.05) is 22.9 Å². The second-order valence-electron chi connectivity index (χ2n) is 7.35. The normalized spacial score (nSPS) is 15.8. The summed E-state index contributed by atoms with van der Waals surface area (Å²) in [5.74, 6) is 0.440. The minimum atomic E-state index is -0.313. The quantitative estimate of drug-likeness (QED) is 0.553. The first kappa shape index (κ1) is 22.0. The van der Waals surface area contributed by atoms with E-state index in [2.05, 4.69) is 20.8 Å². The van der Waals surface area contributed by atoms with Crippen molar-refractivity contribution >= 4 is 46.3 Å². The van der Waals surface area contributed by atoms with E-state index in [1.807, 2.05) is 0 Å². The number of benzene rings is 2. The number of aromatic nitrogens is 2. The highest BCUT2D eigenvalue weighted by atomic mass is 35.5. The molecule has 0 aliphatic carbocycles. The third kappa shape index (κ3) is 5.35. The molecule has 166 valence electrons. The average Bonchev–Trinajstić information content (AvgIpc) is 3.32. The Balaban J connectivity index is 1.36. The van der Waals surface area contributed by atoms with Gasteiger partial charge in [-0.15, -0.1) is 10.2 Å². The van der Waals surface area contributed by atoms with E-state index in [9.17, 15) is 9.59 Å². The van der Waals surface area contributed by atoms with Gasteiger partial charge in [0, 0.05) is 35.4 Å². The highest BCUT2D eigenvalue weighted by Gasteiger charge is 2.28. The molecule has 32 heavy (non-hydrogen) atoms. The van der Waals surface area contributed by atoms with Gasteiger partial charge in [-0.25, -0.2) is 4.79 Å². The van der Waals surface area contributed by atoms with Crippen molar-refractivity contribution in [3.63, 3.8) is 0 Å². The number of ether oxygens (including phenoxy) is 1. The molecule has 2 heterocycles. The summed E-state index contributed by atoms with van der Waals surface area (Å²) in [6.07, 6.45) is 1.74. The van der Waals surface area contributed by atoms with Crippen LogP contribution >= 0.6 is 22.9 Å². The lowest BCUT2D eigenvalue weighted by atomic mass is 9.99. The molecule has 1 aromatic heterocycles. The molecule has 0 spiro atoms. The van der Waals surface area contributed by atoms with Gasteiger partial charge in [0.15, 0.2) is 0 Å². The van der Waals surface area contributed by atoms with Gasteiger partial charge in [0.05, 0.1) is 7.11 Å². The molecular weight excluding hydrogens is 450 g/mol. The Kier molecular flexibility index (Phi) is 6.87. The summed E-state index contributed by atoms with van der Waals surface area (Å²) in [7, 11) is 1.59. The molecular formula is C22H22ClN5O3S. The van der Waals surface area contributed by atoms with Crippen LogP contribution in [0.5, 0.6) is 5.75 Å². The molecule has 0 radical (unpaired) electrons. The zero-order chi connectivity index (χ0) is 22.5. The number of carbonyl (C=O) groups excluding carboxylic acids is 2. The Labute approximate surface area is 194 Å². The van der Waals surface area contributed by atoms with Crippen LogP contribution in [0.2, 0.25) is 5.02 Å². The zero-order valence-electron chi connectivity index (χ0n) is 17.4. The van der Waals surface area contributed by atoms with Gasteiger partial charge in [-0.05, 0) is 61.4 Å². The number of urea groups is 1. The molecule has 8 nitrogen and oxygen atoms in total. The van der Waals surface area contributed by atoms with Crippen LogP contribution in [0.4, 0.5) is 16.2 Å². The van der Waals surface area contributed by atoms with Crippen molar-refractivity contribution in [1.82, 2.24) is 15.1 Å². The molecule has 1 saturated heterocycles. The van der Waals surface area contributed by atoms with Gasteiger partial charge < -0.3 is 20.3 Å². The molecule has 0 bridgehead atoms. The maximum Gasteiger partial charge on any atom is 0.321 e. The van der Waals surface area contributed by atoms with Crippen LogP contribution < -0.4 is 15.4 Å². The third-order valence-corrected chi connectivity index (χ3v) is 6.47. The Morgan fingerprint density at radius 1 is 1.06 bits per heavy atom. The van der Waals surface area contributed by atoms with Gasteiger partial charge in [-0.2, -0.15) is 0 Å². The lowest BCUT2D eigenvalue weighted by Gasteiger charge is -2.31. The lowest BCUT2D eigenvalue weighted by Crippen LogP contribution is -2.41. The number of halogens is 1. The largest absolute Gasteiger partial charge is 0.497 e. The predicted molar refractivity (Wildman–Crippen MR) is 125 cm³/mol. The third-order valence-electron chi connectivity index (χ3n) is 5.14. The van der Waals surface area contributed by atoms with Gasteiger partial charge >= 0.3 is 6.03 Å². The maximum atomic E-state index is 12.7. The smallest absolute Gasteiger partial charge is 0.321 e. The number of hydrogen-bond donors (Lipinski definition) is 2. The van der Waals surface area contributed by atoms with Crippen LogP contribution in [0.15, 0.2) is 48.5 Å². The average molecular weight is 472 g/mol. The number of rotatable bonds is 5. The highest BCUT2D eigenvalue weighted by Crippen LogP contribution is 2.30. The van der Waals surface area contributed by atoms with Crippen molar-refractivity contribution < 1.29 is 14.3 Å². The van der Waals surface area contributed by atoms with Crippen LogP contribution in [0.25, 0.3) is 0 Å². The Morgan fingerprint density at radius 2 is 1.75 bits per heavy atom. The Morgan fingerprint density at radius 3 is 2.47 bits per heavy atom. The van der Waals surface area contributed by atoms with Gasteiger partial charge in [-0.3, -0.25) is 4.79 Å². The van der Waals surface area contributed by atoms with Crippen molar-refractivity contribution in [2.24, 2.45) is 0 Å². The van der Waals surface area contributed by atoms with Crippen LogP contribution in [-0.2, 0) is 0 Å². The van der Waals surface area contributed by atoms with E-state index in [1.165, 1.54) is 11.3 Å². The fraction of sp³-hybridized carbons (Fsp3) is 0.273. The molecule has 3 amide bonds. The topological polar surface area (TPSA) is 96.4 Å². The number of anilines is 2. The monoisotopic (exact) mass is 471 g/mol. The van der Waals surface area contributed by atoms with Crippen molar-refractivity contribution in [3.8, 4) is 5.75 Å². The summed E-state index contributed by atoms with van der Waals surface area (Å²) in [6.45, 7) is 1.19. The molecule has 2 N–H and O–H groups in total. The number of carbonyl (C=O) groups is 2. The summed E-state index contributed by atoms with van der Waals surface area (Å²) >= 11 is 7.16. The molecule has 4 rings (SSSR count). The van der Waals surface area contributed by atoms with E-state index in [4.69, 9.17) is 16.3 Å². The molecule has 1 aliphatic heterocycles. The number of amides is 3. The van der Waals surface area contributed by atoms with E-state index in [0.29, 0.717) is 40.2 Å². The number of likely N-dealkylation sites (tertiary alicyclic amines) is 1. The summed E-state index contributed by atoms with van der Waals surface area (Å²) in [5, 5.41) is 15.7. The Bertz CT molecular complexity index is 1090. The molecule has 2 aromatic carbocycles. The fourth-order valence-corrected chi connectivity index (χ4v) is 4.44. The second-order valence-corrected chi connectivity index (χ2v) is 8.80. The van der Waals surface area contributed by atoms with E-state index in [1.54, 1.807) is 60.5 Å². The Hall–Kier alpha value is -3.17. The van der Waals surface area contributed by atoms with Gasteiger partial charge in [0.2, 0.25) is 5.01 Å². The summed E-state index contributed by atoms with van der Waals surface area (Å²) in [6, 6.07) is 13.9. The van der Waals surface area contributed by atoms with Crippen LogP contribution in [0.1, 0.15) is 33.6 Å². The molecule has 0 saturated carbocycles. The zero-order valence-corrected chi connectivity index (χ0v) is 18.9. The van der Waals surface area contributed by atoms with Crippen LogP contribution in [0, 0.1) is 0 Å². The fourth-order valence-electron chi connectivity index (χ4n) is 3.45. The van der Waals surface area contributed by atoms with Gasteiger partial charge in [0.1, 0.15) is 10.8 Å². The first-order chi connectivity index (χ1) is 15.5. The van der Waals surface area contributed by atoms with E-state index < -0.39 is 0 Å². The van der Waals surface area contributed by atoms with E-state index >= 15 is 0 Å². The molecule has 1 aliphatic rings. The summed E-state index contributed by atoms with van der Waals surface area (Å²) in [4.78, 5) is 27.0. The van der Waals surface area contributed by atoms with Crippen molar-refractivity contribution in [1.29, 1.82) is 0 Å². The summed E-state index contributed by atoms with van der Waals surface area (Å²) in [5.41, 5.74) is 1.34. The highest BCUT2D eigenvalue weighted by molar-refractivity contribution is 7.13. The number of hydrogen-bond acceptors (Lipinski definition) is 6. The van der Waals surface area contributed by atoms with Crippen LogP contribution in [0.3, 0.4) is 0 Å². The molecule has 1 atom stereocenters. The van der Waals surface area contributed by atoms with Crippen molar-refractivity contribution in [3.05, 3.63) is 63.6 Å². The molecule has 3 aromatic rings. The molecule has 1 fully saturated rings. The second kappa shape index (κ2) is 9.97. The maximum absolute atomic E-state index is 12.7. The number of methoxy groups -OCH3 is 1. The van der Waals surface area contributed by atoms with Crippen molar-refractivity contribution in [2.75, 3.05) is 30.8 Å². The van der Waals surface area contributed by atoms with Crippen LogP contribution in [-0.4, -0.2) is 47.2 Å². The lowest BCUT2D eigenvalue weighted by molar-refractivity contribution is 0.102. The minimum Gasteiger partial charge on any atom is -0.497 e. The standard InChI is InChI=1S/C22H22ClN5O3S/c1-31-18-10-8-16(9-11-18)24-19(29)21-27-26-20(32-21)14-3-2-12-28(13-14)22(30)25-17-6-4-15(23)5-7-17/h4-11,14H,2-3,12-13H2,1H3,(H,24,29)(H,25,30). The first-order valence-electron chi connectivity index (χ1n) is 10.1. The van der Waals surface area contributed by atoms with E-state index in [0.717, 1.165) is 17.8 Å². The first-order valence-corrected chi connectivity index (χ1v) is 11.3. The van der Waals surface area contributed by atoms with Gasteiger partial charge in [0.25, 0.3) is 5.91 Å². The molecule has 1 unspecified atom stereocenters. The SMILES string of the molecule is COc1ccc(NC(=O)c2nnc(C3CCCN(C(=O)Nc4ccc(Cl)cc4)C3)s2)cc1. The number of piperidine rings is 1. The number of nitrogens with zero attached hydrogens (tertiary/aromatic N) is 3. The minimum absolute atomic E-state index is 0.0414. The van der Waals surface area contributed by atoms with Crippen molar-refractivity contribution in [2.45, 2.75) is 18.8 Å². The summed E-state index contributed by atoms with van der Waals surface area (Å²) < 4.78 is 5.12. The number of nitrogens with one attached hydrogen (secondary N) is 2. The van der Waals surface area contributed by atoms with E-state index in [-0.39, 0.29) is 17.9 Å². The molecule has 10 heteroatoms. The predicted octanol–water partition coefficient (Wildman–Crippen LogP) is 4.86.